The van der Waals surface area contributed by atoms with E-state index in [4.69, 9.17) is 10.8 Å². The Labute approximate surface area is 79.7 Å². The Balaban J connectivity index is 3.80. The Bertz CT molecular complexity index is 134. The van der Waals surface area contributed by atoms with Gasteiger partial charge in [0.05, 0.1) is 6.61 Å². The van der Waals surface area contributed by atoms with Crippen LogP contribution >= 0.6 is 0 Å². The highest BCUT2D eigenvalue weighted by molar-refractivity contribution is 5.76. The molecule has 0 unspecified atom stereocenters. The molecular formula is C9H20N2O2. The van der Waals surface area contributed by atoms with Gasteiger partial charge in [-0.05, 0) is 19.4 Å². The normalized spacial score (nSPS) is 10.1. The first-order valence-corrected chi connectivity index (χ1v) is 4.85. The Morgan fingerprint density at radius 1 is 1.46 bits per heavy atom. The van der Waals surface area contributed by atoms with Crippen molar-refractivity contribution in [2.75, 3.05) is 26.2 Å². The number of hydrogen-bond acceptors (Lipinski definition) is 3. The molecule has 4 nitrogen and oxygen atoms in total. The second-order valence-electron chi connectivity index (χ2n) is 3.00. The molecule has 78 valence electrons. The summed E-state index contributed by atoms with van der Waals surface area (Å²) in [4.78, 5) is 13.1. The standard InChI is InChI=1S/C9H20N2O2/c1-2-6-11(7-8-12)9(13)4-3-5-10/h12H,2-8,10H2,1H3. The maximum atomic E-state index is 11.4. The molecule has 0 aromatic carbocycles. The Hall–Kier alpha value is -0.610. The van der Waals surface area contributed by atoms with Gasteiger partial charge in [-0.15, -0.1) is 0 Å². The molecule has 13 heavy (non-hydrogen) atoms. The van der Waals surface area contributed by atoms with E-state index in [2.05, 4.69) is 0 Å². The third-order valence-corrected chi connectivity index (χ3v) is 1.81. The van der Waals surface area contributed by atoms with Gasteiger partial charge in [0.1, 0.15) is 0 Å². The number of carbonyl (C=O) groups excluding carboxylic acids is 1. The van der Waals surface area contributed by atoms with Gasteiger partial charge in [-0.1, -0.05) is 6.92 Å². The number of nitrogens with two attached hydrogens (primary N) is 1. The van der Waals surface area contributed by atoms with Crippen LogP contribution in [0.2, 0.25) is 0 Å². The lowest BCUT2D eigenvalue weighted by atomic mass is 10.2. The van der Waals surface area contributed by atoms with Crippen molar-refractivity contribution in [2.45, 2.75) is 26.2 Å². The summed E-state index contributed by atoms with van der Waals surface area (Å²) in [6.07, 6.45) is 2.15. The lowest BCUT2D eigenvalue weighted by Gasteiger charge is -2.20. The molecule has 4 heteroatoms. The van der Waals surface area contributed by atoms with Crippen LogP contribution in [0.25, 0.3) is 0 Å². The average Bonchev–Trinajstić information content (AvgIpc) is 2.14. The van der Waals surface area contributed by atoms with Crippen LogP contribution in [-0.2, 0) is 4.79 Å². The summed E-state index contributed by atoms with van der Waals surface area (Å²) in [7, 11) is 0. The first kappa shape index (κ1) is 12.4. The SMILES string of the molecule is CCCN(CCO)C(=O)CCCN. The van der Waals surface area contributed by atoms with E-state index >= 15 is 0 Å². The second-order valence-corrected chi connectivity index (χ2v) is 3.00. The van der Waals surface area contributed by atoms with Crippen molar-refractivity contribution in [1.82, 2.24) is 4.90 Å². The van der Waals surface area contributed by atoms with Gasteiger partial charge < -0.3 is 15.7 Å². The summed E-state index contributed by atoms with van der Waals surface area (Å²) in [6.45, 7) is 3.76. The van der Waals surface area contributed by atoms with Gasteiger partial charge in [-0.3, -0.25) is 4.79 Å². The average molecular weight is 188 g/mol. The molecule has 0 rings (SSSR count). The fourth-order valence-corrected chi connectivity index (χ4v) is 1.16. The monoisotopic (exact) mass is 188 g/mol. The van der Waals surface area contributed by atoms with Gasteiger partial charge in [0.2, 0.25) is 5.91 Å². The zero-order chi connectivity index (χ0) is 10.1. The van der Waals surface area contributed by atoms with Crippen LogP contribution in [0.4, 0.5) is 0 Å². The Morgan fingerprint density at radius 3 is 2.62 bits per heavy atom. The highest BCUT2D eigenvalue weighted by atomic mass is 16.3. The van der Waals surface area contributed by atoms with Crippen LogP contribution in [0.5, 0.6) is 0 Å². The van der Waals surface area contributed by atoms with Crippen molar-refractivity contribution in [3.05, 3.63) is 0 Å². The summed E-state index contributed by atoms with van der Waals surface area (Å²) >= 11 is 0. The molecule has 0 saturated heterocycles. The number of aliphatic hydroxyl groups excluding tert-OH is 1. The molecule has 0 bridgehead atoms. The Morgan fingerprint density at radius 2 is 2.15 bits per heavy atom. The molecule has 0 aliphatic heterocycles. The van der Waals surface area contributed by atoms with E-state index < -0.39 is 0 Å². The van der Waals surface area contributed by atoms with Crippen LogP contribution in [0.3, 0.4) is 0 Å². The van der Waals surface area contributed by atoms with Crippen molar-refractivity contribution >= 4 is 5.91 Å². The molecule has 0 spiro atoms. The maximum absolute atomic E-state index is 11.4. The molecule has 0 aliphatic rings. The van der Waals surface area contributed by atoms with Gasteiger partial charge >= 0.3 is 0 Å². The maximum Gasteiger partial charge on any atom is 0.222 e. The van der Waals surface area contributed by atoms with Gasteiger partial charge in [-0.25, -0.2) is 0 Å². The summed E-state index contributed by atoms with van der Waals surface area (Å²) in [5.74, 6) is 0.0985. The van der Waals surface area contributed by atoms with E-state index in [1.54, 1.807) is 4.90 Å². The van der Waals surface area contributed by atoms with Gasteiger partial charge in [-0.2, -0.15) is 0 Å². The highest BCUT2D eigenvalue weighted by Gasteiger charge is 2.10. The molecule has 0 saturated carbocycles. The zero-order valence-electron chi connectivity index (χ0n) is 8.33. The van der Waals surface area contributed by atoms with Crippen molar-refractivity contribution < 1.29 is 9.90 Å². The third-order valence-electron chi connectivity index (χ3n) is 1.81. The molecule has 0 aromatic rings. The first-order valence-electron chi connectivity index (χ1n) is 4.85. The number of nitrogens with zero attached hydrogens (tertiary/aromatic N) is 1. The van der Waals surface area contributed by atoms with Crippen LogP contribution in [0, 0.1) is 0 Å². The summed E-state index contributed by atoms with van der Waals surface area (Å²) < 4.78 is 0. The van der Waals surface area contributed by atoms with Crippen LogP contribution in [-0.4, -0.2) is 42.2 Å². The molecule has 3 N–H and O–H groups in total. The van der Waals surface area contributed by atoms with E-state index in [9.17, 15) is 4.79 Å². The number of rotatable bonds is 7. The minimum absolute atomic E-state index is 0.0361. The number of aliphatic hydroxyl groups is 1. The van der Waals surface area contributed by atoms with Crippen LogP contribution in [0.1, 0.15) is 26.2 Å². The van der Waals surface area contributed by atoms with Crippen molar-refractivity contribution in [3.8, 4) is 0 Å². The fourth-order valence-electron chi connectivity index (χ4n) is 1.16. The lowest BCUT2D eigenvalue weighted by Crippen LogP contribution is -2.34. The summed E-state index contributed by atoms with van der Waals surface area (Å²) in [6, 6.07) is 0. The lowest BCUT2D eigenvalue weighted by molar-refractivity contribution is -0.131. The van der Waals surface area contributed by atoms with Gasteiger partial charge in [0.15, 0.2) is 0 Å². The van der Waals surface area contributed by atoms with Gasteiger partial charge in [0, 0.05) is 19.5 Å². The number of amides is 1. The van der Waals surface area contributed by atoms with E-state index in [1.807, 2.05) is 6.92 Å². The topological polar surface area (TPSA) is 66.6 Å². The molecule has 0 aromatic heterocycles. The summed E-state index contributed by atoms with van der Waals surface area (Å²) in [5, 5.41) is 8.72. The molecular weight excluding hydrogens is 168 g/mol. The van der Waals surface area contributed by atoms with E-state index in [0.717, 1.165) is 19.4 Å². The Kier molecular flexibility index (Phi) is 7.63. The quantitative estimate of drug-likeness (QED) is 0.589. The predicted molar refractivity (Wildman–Crippen MR) is 52.2 cm³/mol. The smallest absolute Gasteiger partial charge is 0.222 e. The summed E-state index contributed by atoms with van der Waals surface area (Å²) in [5.41, 5.74) is 5.30. The molecule has 0 aliphatic carbocycles. The molecule has 0 fully saturated rings. The first-order chi connectivity index (χ1) is 6.26. The third kappa shape index (κ3) is 5.60. The molecule has 0 heterocycles. The van der Waals surface area contributed by atoms with Crippen LogP contribution < -0.4 is 5.73 Å². The second kappa shape index (κ2) is 8.01. The highest BCUT2D eigenvalue weighted by Crippen LogP contribution is 1.98. The number of hydrogen-bond donors (Lipinski definition) is 2. The number of carbonyl (C=O) groups is 1. The minimum atomic E-state index is 0.0361. The van der Waals surface area contributed by atoms with Crippen molar-refractivity contribution in [1.29, 1.82) is 0 Å². The van der Waals surface area contributed by atoms with Crippen molar-refractivity contribution in [2.24, 2.45) is 5.73 Å². The van der Waals surface area contributed by atoms with Crippen LogP contribution in [0.15, 0.2) is 0 Å². The molecule has 0 atom stereocenters. The van der Waals surface area contributed by atoms with E-state index in [-0.39, 0.29) is 12.5 Å². The minimum Gasteiger partial charge on any atom is -0.395 e. The fraction of sp³-hybridized carbons (Fsp3) is 0.889. The molecule has 1 amide bonds. The largest absolute Gasteiger partial charge is 0.395 e. The van der Waals surface area contributed by atoms with E-state index in [1.165, 1.54) is 0 Å². The van der Waals surface area contributed by atoms with E-state index in [0.29, 0.717) is 19.5 Å². The predicted octanol–water partition coefficient (Wildman–Crippen LogP) is -0.0438. The van der Waals surface area contributed by atoms with Crippen molar-refractivity contribution in [3.63, 3.8) is 0 Å². The zero-order valence-corrected chi connectivity index (χ0v) is 8.33. The molecule has 0 radical (unpaired) electrons. The van der Waals surface area contributed by atoms with Gasteiger partial charge in [0.25, 0.3) is 0 Å².